The fourth-order valence-electron chi connectivity index (χ4n) is 3.39. The number of hydrogen-bond donors (Lipinski definition) is 2. The van der Waals surface area contributed by atoms with E-state index < -0.39 is 5.92 Å². The molecule has 0 aliphatic carbocycles. The Morgan fingerprint density at radius 1 is 1.31 bits per heavy atom. The molecule has 1 fully saturated rings. The third-order valence-corrected chi connectivity index (χ3v) is 5.24. The van der Waals surface area contributed by atoms with E-state index in [2.05, 4.69) is 15.3 Å². The highest BCUT2D eigenvalue weighted by Gasteiger charge is 2.23. The van der Waals surface area contributed by atoms with Crippen molar-refractivity contribution in [2.75, 3.05) is 30.0 Å². The summed E-state index contributed by atoms with van der Waals surface area (Å²) in [5, 5.41) is 3.54. The minimum Gasteiger partial charge on any atom is -0.370 e. The third kappa shape index (κ3) is 3.97. The number of aryl methyl sites for hydroxylation is 1. The lowest BCUT2D eigenvalue weighted by molar-refractivity contribution is -0.125. The van der Waals surface area contributed by atoms with E-state index in [1.54, 1.807) is 30.0 Å². The van der Waals surface area contributed by atoms with Gasteiger partial charge in [-0.1, -0.05) is 11.6 Å². The zero-order valence-electron chi connectivity index (χ0n) is 16.2. The van der Waals surface area contributed by atoms with Crippen molar-refractivity contribution in [2.45, 2.75) is 19.8 Å². The molecule has 4 rings (SSSR count). The first-order valence-electron chi connectivity index (χ1n) is 9.37. The second kappa shape index (κ2) is 7.85. The molecule has 1 saturated heterocycles. The minimum atomic E-state index is -0.470. The van der Waals surface area contributed by atoms with Gasteiger partial charge in [-0.2, -0.15) is 0 Å². The first-order valence-corrected chi connectivity index (χ1v) is 9.75. The second-order valence-corrected chi connectivity index (χ2v) is 7.53. The highest BCUT2D eigenvalue weighted by molar-refractivity contribution is 6.31. The molecule has 2 amide bonds. The van der Waals surface area contributed by atoms with Gasteiger partial charge in [0, 0.05) is 22.9 Å². The van der Waals surface area contributed by atoms with Gasteiger partial charge in [0.15, 0.2) is 0 Å². The van der Waals surface area contributed by atoms with Gasteiger partial charge >= 0.3 is 0 Å². The molecule has 0 saturated carbocycles. The van der Waals surface area contributed by atoms with Crippen molar-refractivity contribution in [3.05, 3.63) is 52.8 Å². The topological polar surface area (TPSA) is 87.3 Å². The summed E-state index contributed by atoms with van der Waals surface area (Å²) in [4.78, 5) is 34.2. The van der Waals surface area contributed by atoms with E-state index >= 15 is 0 Å². The molecular weight excluding hydrogens is 392 g/mol. The number of imidazole rings is 1. The summed E-state index contributed by atoms with van der Waals surface area (Å²) in [7, 11) is 0. The lowest BCUT2D eigenvalue weighted by Gasteiger charge is -2.28. The average Bonchev–Trinajstić information content (AvgIpc) is 3.11. The van der Waals surface area contributed by atoms with Gasteiger partial charge in [-0.15, -0.1) is 0 Å². The molecule has 0 radical (unpaired) electrons. The maximum absolute atomic E-state index is 12.7. The molecule has 1 aliphatic heterocycles. The summed E-state index contributed by atoms with van der Waals surface area (Å²) in [6.07, 6.45) is 0. The summed E-state index contributed by atoms with van der Waals surface area (Å²) in [5.41, 5.74) is 3.97. The van der Waals surface area contributed by atoms with Gasteiger partial charge < -0.3 is 19.9 Å². The average molecular weight is 413 g/mol. The number of nitrogens with zero attached hydrogens (tertiary/aromatic N) is 2. The van der Waals surface area contributed by atoms with E-state index in [4.69, 9.17) is 16.3 Å². The Labute approximate surface area is 173 Å². The van der Waals surface area contributed by atoms with Gasteiger partial charge in [-0.3, -0.25) is 9.59 Å². The first-order chi connectivity index (χ1) is 13.9. The SMILES string of the molecule is Cc1cc(NC(=O)C(C)c2nc3ccc(Cl)cc3[nH]2)ccc1N1CCOCC1=O. The number of H-pyrrole nitrogens is 1. The molecule has 2 heterocycles. The standard InChI is InChI=1S/C21H21ClN4O3/c1-12-9-15(4-6-18(12)26-7-8-29-11-19(26)27)23-21(28)13(2)20-24-16-5-3-14(22)10-17(16)25-20/h3-6,9-10,13H,7-8,11H2,1-2H3,(H,23,28)(H,24,25). The Kier molecular flexibility index (Phi) is 5.25. The Morgan fingerprint density at radius 3 is 2.90 bits per heavy atom. The molecule has 2 N–H and O–H groups in total. The molecule has 1 atom stereocenters. The van der Waals surface area contributed by atoms with Crippen LogP contribution < -0.4 is 10.2 Å². The number of carbonyl (C=O) groups excluding carboxylic acids is 2. The molecule has 29 heavy (non-hydrogen) atoms. The van der Waals surface area contributed by atoms with Crippen molar-refractivity contribution in [3.63, 3.8) is 0 Å². The van der Waals surface area contributed by atoms with Crippen LogP contribution in [0.25, 0.3) is 11.0 Å². The van der Waals surface area contributed by atoms with Crippen LogP contribution in [0.15, 0.2) is 36.4 Å². The summed E-state index contributed by atoms with van der Waals surface area (Å²) >= 11 is 6.01. The van der Waals surface area contributed by atoms with Crippen LogP contribution in [0.5, 0.6) is 0 Å². The summed E-state index contributed by atoms with van der Waals surface area (Å²) in [5.74, 6) is -0.131. The Bertz CT molecular complexity index is 1090. The molecule has 2 aromatic carbocycles. The molecule has 1 aliphatic rings. The van der Waals surface area contributed by atoms with Crippen LogP contribution in [-0.4, -0.2) is 41.5 Å². The predicted molar refractivity (Wildman–Crippen MR) is 112 cm³/mol. The van der Waals surface area contributed by atoms with Gasteiger partial charge in [0.2, 0.25) is 5.91 Å². The van der Waals surface area contributed by atoms with Crippen LogP contribution in [0.3, 0.4) is 0 Å². The number of nitrogens with one attached hydrogen (secondary N) is 2. The number of fused-ring (bicyclic) bond motifs is 1. The van der Waals surface area contributed by atoms with Crippen LogP contribution in [0.4, 0.5) is 11.4 Å². The number of carbonyl (C=O) groups is 2. The Balaban J connectivity index is 1.49. The van der Waals surface area contributed by atoms with Gasteiger partial charge in [0.05, 0.1) is 23.6 Å². The van der Waals surface area contributed by atoms with E-state index in [1.807, 2.05) is 25.1 Å². The van der Waals surface area contributed by atoms with Gasteiger partial charge in [0.25, 0.3) is 5.91 Å². The van der Waals surface area contributed by atoms with Crippen molar-refractivity contribution >= 4 is 45.8 Å². The molecule has 3 aromatic rings. The monoisotopic (exact) mass is 412 g/mol. The van der Waals surface area contributed by atoms with E-state index in [9.17, 15) is 9.59 Å². The number of ether oxygens (including phenoxy) is 1. The zero-order valence-corrected chi connectivity index (χ0v) is 16.9. The molecule has 0 spiro atoms. The number of benzene rings is 2. The van der Waals surface area contributed by atoms with Crippen molar-refractivity contribution in [1.82, 2.24) is 9.97 Å². The van der Waals surface area contributed by atoms with Crippen molar-refractivity contribution in [2.24, 2.45) is 0 Å². The second-order valence-electron chi connectivity index (χ2n) is 7.09. The minimum absolute atomic E-state index is 0.0604. The Morgan fingerprint density at radius 2 is 2.14 bits per heavy atom. The molecule has 150 valence electrons. The molecule has 1 aromatic heterocycles. The zero-order chi connectivity index (χ0) is 20.5. The van der Waals surface area contributed by atoms with Crippen molar-refractivity contribution in [3.8, 4) is 0 Å². The van der Waals surface area contributed by atoms with Crippen LogP contribution in [0, 0.1) is 6.92 Å². The van der Waals surface area contributed by atoms with Crippen LogP contribution in [0.2, 0.25) is 5.02 Å². The molecule has 8 heteroatoms. The number of amides is 2. The van der Waals surface area contributed by atoms with Crippen LogP contribution in [-0.2, 0) is 14.3 Å². The van der Waals surface area contributed by atoms with Crippen molar-refractivity contribution in [1.29, 1.82) is 0 Å². The van der Waals surface area contributed by atoms with E-state index in [0.29, 0.717) is 29.7 Å². The number of rotatable bonds is 4. The van der Waals surface area contributed by atoms with Crippen LogP contribution in [0.1, 0.15) is 24.2 Å². The summed E-state index contributed by atoms with van der Waals surface area (Å²) < 4.78 is 5.18. The fourth-order valence-corrected chi connectivity index (χ4v) is 3.56. The summed E-state index contributed by atoms with van der Waals surface area (Å²) in [6.45, 7) is 4.85. The van der Waals surface area contributed by atoms with Gasteiger partial charge in [0.1, 0.15) is 12.4 Å². The normalized spacial score (nSPS) is 15.6. The lowest BCUT2D eigenvalue weighted by atomic mass is 10.1. The number of aromatic nitrogens is 2. The molecule has 0 bridgehead atoms. The largest absolute Gasteiger partial charge is 0.370 e. The van der Waals surface area contributed by atoms with E-state index in [0.717, 1.165) is 22.3 Å². The number of halogens is 1. The Hall–Kier alpha value is -2.90. The molecular formula is C21H21ClN4O3. The maximum Gasteiger partial charge on any atom is 0.253 e. The smallest absolute Gasteiger partial charge is 0.253 e. The van der Waals surface area contributed by atoms with Crippen LogP contribution >= 0.6 is 11.6 Å². The van der Waals surface area contributed by atoms with E-state index in [1.165, 1.54) is 0 Å². The number of aromatic amines is 1. The molecule has 1 unspecified atom stereocenters. The number of anilines is 2. The quantitative estimate of drug-likeness (QED) is 0.685. The maximum atomic E-state index is 12.7. The van der Waals surface area contributed by atoms with Gasteiger partial charge in [-0.25, -0.2) is 4.98 Å². The van der Waals surface area contributed by atoms with E-state index in [-0.39, 0.29) is 18.4 Å². The molecule has 7 nitrogen and oxygen atoms in total. The fraction of sp³-hybridized carbons (Fsp3) is 0.286. The highest BCUT2D eigenvalue weighted by atomic mass is 35.5. The third-order valence-electron chi connectivity index (χ3n) is 5.01. The number of morpholine rings is 1. The first kappa shape index (κ1) is 19.4. The highest BCUT2D eigenvalue weighted by Crippen LogP contribution is 2.26. The summed E-state index contributed by atoms with van der Waals surface area (Å²) in [6, 6.07) is 10.9. The number of hydrogen-bond acceptors (Lipinski definition) is 4. The van der Waals surface area contributed by atoms with Crippen molar-refractivity contribution < 1.29 is 14.3 Å². The lowest BCUT2D eigenvalue weighted by Crippen LogP contribution is -2.42. The predicted octanol–water partition coefficient (Wildman–Crippen LogP) is 3.63. The van der Waals surface area contributed by atoms with Gasteiger partial charge in [-0.05, 0) is 55.8 Å².